The van der Waals surface area contributed by atoms with Crippen LogP contribution in [0.2, 0.25) is 0 Å². The van der Waals surface area contributed by atoms with Crippen LogP contribution in [0.5, 0.6) is 0 Å². The Morgan fingerprint density at radius 3 is 2.72 bits per heavy atom. The van der Waals surface area contributed by atoms with E-state index in [1.807, 2.05) is 0 Å². The molecule has 1 unspecified atom stereocenters. The van der Waals surface area contributed by atoms with Crippen LogP contribution in [-0.2, 0) is 26.0 Å². The minimum absolute atomic E-state index is 0.0130. The molecule has 36 heavy (non-hydrogen) atoms. The summed E-state index contributed by atoms with van der Waals surface area (Å²) in [6.45, 7) is 5.62. The molecule has 1 aromatic carbocycles. The Kier molecular flexibility index (Phi) is 6.84. The molecule has 2 aromatic heterocycles. The van der Waals surface area contributed by atoms with Crippen molar-refractivity contribution in [3.05, 3.63) is 40.3 Å². The SMILES string of the molecule is CC(C)(C)OC(=O)NC1CCN(S(=O)(=O)c2ccc3[nH]c(=O)c4[nH]cc(CCCC(=O)O)c4c3c2)C1. The summed E-state index contributed by atoms with van der Waals surface area (Å²) in [5.74, 6) is -0.906. The average molecular weight is 519 g/mol. The first kappa shape index (κ1) is 25.7. The second-order valence-electron chi connectivity index (χ2n) is 9.97. The van der Waals surface area contributed by atoms with Crippen molar-refractivity contribution in [3.8, 4) is 0 Å². The zero-order valence-corrected chi connectivity index (χ0v) is 21.2. The van der Waals surface area contributed by atoms with Crippen molar-refractivity contribution in [2.24, 2.45) is 0 Å². The number of pyridine rings is 1. The van der Waals surface area contributed by atoms with Gasteiger partial charge in [-0.05, 0) is 63.8 Å². The highest BCUT2D eigenvalue weighted by molar-refractivity contribution is 7.89. The molecule has 1 fully saturated rings. The van der Waals surface area contributed by atoms with Crippen molar-refractivity contribution in [1.29, 1.82) is 0 Å². The molecule has 1 aliphatic rings. The van der Waals surface area contributed by atoms with Gasteiger partial charge >= 0.3 is 12.1 Å². The first-order chi connectivity index (χ1) is 16.8. The van der Waals surface area contributed by atoms with E-state index in [9.17, 15) is 22.8 Å². The molecule has 11 nitrogen and oxygen atoms in total. The van der Waals surface area contributed by atoms with E-state index in [0.717, 1.165) is 5.56 Å². The van der Waals surface area contributed by atoms with Crippen LogP contribution in [0.3, 0.4) is 0 Å². The number of nitrogens with zero attached hydrogens (tertiary/aromatic N) is 1. The van der Waals surface area contributed by atoms with Crippen molar-refractivity contribution < 1.29 is 27.9 Å². The van der Waals surface area contributed by atoms with Crippen LogP contribution in [-0.4, -0.2) is 64.6 Å². The molecule has 0 saturated carbocycles. The maximum absolute atomic E-state index is 13.4. The van der Waals surface area contributed by atoms with Gasteiger partial charge in [0.1, 0.15) is 11.1 Å². The molecule has 1 amide bonds. The van der Waals surface area contributed by atoms with E-state index in [-0.39, 0.29) is 36.0 Å². The molecule has 4 N–H and O–H groups in total. The second kappa shape index (κ2) is 9.58. The first-order valence-corrected chi connectivity index (χ1v) is 13.2. The van der Waals surface area contributed by atoms with Gasteiger partial charge in [-0.1, -0.05) is 0 Å². The predicted molar refractivity (Wildman–Crippen MR) is 134 cm³/mol. The number of benzene rings is 1. The number of rotatable bonds is 7. The van der Waals surface area contributed by atoms with E-state index in [2.05, 4.69) is 15.3 Å². The standard InChI is InChI=1S/C24H30N4O7S/c1-24(2,3)35-23(32)26-15-9-10-28(13-15)36(33,34)16-7-8-18-17(11-16)20-14(5-4-6-19(29)30)12-25-21(20)22(31)27-18/h7-8,11-12,15,25H,4-6,9-10,13H2,1-3H3,(H,26,32)(H,27,31)(H,29,30). The van der Waals surface area contributed by atoms with E-state index in [1.165, 1.54) is 16.4 Å². The summed E-state index contributed by atoms with van der Waals surface area (Å²) in [4.78, 5) is 41.3. The summed E-state index contributed by atoms with van der Waals surface area (Å²) in [6.07, 6.45) is 2.32. The highest BCUT2D eigenvalue weighted by Gasteiger charge is 2.34. The fraction of sp³-hybridized carbons (Fsp3) is 0.458. The third kappa shape index (κ3) is 5.39. The zero-order valence-electron chi connectivity index (χ0n) is 20.4. The number of amides is 1. The number of sulfonamides is 1. The Hall–Kier alpha value is -3.38. The fourth-order valence-corrected chi connectivity index (χ4v) is 5.98. The maximum Gasteiger partial charge on any atom is 0.407 e. The molecule has 0 aliphatic carbocycles. The summed E-state index contributed by atoms with van der Waals surface area (Å²) in [7, 11) is -3.88. The number of hydrogen-bond acceptors (Lipinski definition) is 6. The molecule has 1 saturated heterocycles. The summed E-state index contributed by atoms with van der Waals surface area (Å²) < 4.78 is 33.5. The Bertz CT molecular complexity index is 1480. The molecule has 0 radical (unpaired) electrons. The van der Waals surface area contributed by atoms with E-state index < -0.39 is 27.7 Å². The van der Waals surface area contributed by atoms with Crippen LogP contribution >= 0.6 is 0 Å². The third-order valence-corrected chi connectivity index (χ3v) is 7.90. The van der Waals surface area contributed by atoms with Gasteiger partial charge in [-0.25, -0.2) is 13.2 Å². The van der Waals surface area contributed by atoms with Crippen molar-refractivity contribution in [2.75, 3.05) is 13.1 Å². The van der Waals surface area contributed by atoms with Crippen molar-refractivity contribution in [3.63, 3.8) is 0 Å². The predicted octanol–water partition coefficient (Wildman–Crippen LogP) is 2.70. The number of carboxylic acids is 1. The van der Waals surface area contributed by atoms with Crippen LogP contribution in [0.15, 0.2) is 34.1 Å². The first-order valence-electron chi connectivity index (χ1n) is 11.7. The van der Waals surface area contributed by atoms with Crippen LogP contribution in [0.1, 0.15) is 45.6 Å². The number of aryl methyl sites for hydroxylation is 1. The molecule has 1 aliphatic heterocycles. The molecule has 3 heterocycles. The van der Waals surface area contributed by atoms with Crippen molar-refractivity contribution >= 4 is 43.9 Å². The number of hydrogen-bond donors (Lipinski definition) is 4. The number of ether oxygens (including phenoxy) is 1. The lowest BCUT2D eigenvalue weighted by Crippen LogP contribution is -2.41. The summed E-state index contributed by atoms with van der Waals surface area (Å²) in [5.41, 5.74) is 0.547. The number of carboxylic acid groups (broad SMARTS) is 1. The Morgan fingerprint density at radius 1 is 1.28 bits per heavy atom. The monoisotopic (exact) mass is 518 g/mol. The van der Waals surface area contributed by atoms with Gasteiger partial charge in [0.2, 0.25) is 10.0 Å². The van der Waals surface area contributed by atoms with E-state index in [4.69, 9.17) is 9.84 Å². The summed E-state index contributed by atoms with van der Waals surface area (Å²) in [6, 6.07) is 4.17. The molecule has 1 atom stereocenters. The van der Waals surface area contributed by atoms with Crippen LogP contribution in [0, 0.1) is 0 Å². The van der Waals surface area contributed by atoms with Gasteiger partial charge in [-0.15, -0.1) is 0 Å². The lowest BCUT2D eigenvalue weighted by atomic mass is 10.0. The highest BCUT2D eigenvalue weighted by Crippen LogP contribution is 2.30. The van der Waals surface area contributed by atoms with Gasteiger partial charge in [0, 0.05) is 48.0 Å². The zero-order chi connectivity index (χ0) is 26.3. The number of carbonyl (C=O) groups excluding carboxylic acids is 1. The number of alkyl carbamates (subject to hydrolysis) is 1. The fourth-order valence-electron chi connectivity index (χ4n) is 4.45. The van der Waals surface area contributed by atoms with Crippen LogP contribution < -0.4 is 10.9 Å². The molecule has 194 valence electrons. The Labute approximate surface area is 207 Å². The third-order valence-electron chi connectivity index (χ3n) is 6.04. The number of aliphatic carboxylic acids is 1. The van der Waals surface area contributed by atoms with Crippen molar-refractivity contribution in [1.82, 2.24) is 19.6 Å². The van der Waals surface area contributed by atoms with Gasteiger partial charge < -0.3 is 25.1 Å². The normalized spacial score (nSPS) is 17.0. The molecular formula is C24H30N4O7S. The van der Waals surface area contributed by atoms with Gasteiger partial charge in [-0.2, -0.15) is 4.31 Å². The summed E-state index contributed by atoms with van der Waals surface area (Å²) >= 11 is 0. The van der Waals surface area contributed by atoms with Gasteiger partial charge in [-0.3, -0.25) is 9.59 Å². The van der Waals surface area contributed by atoms with E-state index in [0.29, 0.717) is 41.1 Å². The lowest BCUT2D eigenvalue weighted by molar-refractivity contribution is -0.137. The number of nitrogens with one attached hydrogen (secondary N) is 3. The van der Waals surface area contributed by atoms with Gasteiger partial charge in [0.15, 0.2) is 0 Å². The number of aromatic nitrogens is 2. The molecule has 0 bridgehead atoms. The smallest absolute Gasteiger partial charge is 0.407 e. The minimum atomic E-state index is -3.88. The van der Waals surface area contributed by atoms with Gasteiger partial charge in [0.05, 0.1) is 4.90 Å². The maximum atomic E-state index is 13.4. The quantitative estimate of drug-likeness (QED) is 0.374. The average Bonchev–Trinajstić information content (AvgIpc) is 3.40. The van der Waals surface area contributed by atoms with E-state index >= 15 is 0 Å². The summed E-state index contributed by atoms with van der Waals surface area (Å²) in [5, 5.41) is 12.8. The molecule has 12 heteroatoms. The Morgan fingerprint density at radius 2 is 2.03 bits per heavy atom. The highest BCUT2D eigenvalue weighted by atomic mass is 32.2. The molecule has 0 spiro atoms. The van der Waals surface area contributed by atoms with E-state index in [1.54, 1.807) is 33.0 Å². The largest absolute Gasteiger partial charge is 0.481 e. The molecule has 3 aromatic rings. The number of carbonyl (C=O) groups is 2. The number of fused-ring (bicyclic) bond motifs is 3. The topological polar surface area (TPSA) is 162 Å². The molecule has 4 rings (SSSR count). The number of H-pyrrole nitrogens is 2. The van der Waals surface area contributed by atoms with Gasteiger partial charge in [0.25, 0.3) is 5.56 Å². The minimum Gasteiger partial charge on any atom is -0.481 e. The lowest BCUT2D eigenvalue weighted by Gasteiger charge is -2.22. The second-order valence-corrected chi connectivity index (χ2v) is 11.9. The van der Waals surface area contributed by atoms with Crippen molar-refractivity contribution in [2.45, 2.75) is 63.0 Å². The Balaban J connectivity index is 1.62. The number of aromatic amines is 2. The van der Waals surface area contributed by atoms with Crippen LogP contribution in [0.25, 0.3) is 21.8 Å². The van der Waals surface area contributed by atoms with Crippen LogP contribution in [0.4, 0.5) is 4.79 Å². The molecular weight excluding hydrogens is 488 g/mol.